The SMILES string of the molecule is C=C.OCCCSc1nnc(SCO)s1. The van der Waals surface area contributed by atoms with Crippen molar-refractivity contribution < 1.29 is 10.2 Å². The Morgan fingerprint density at radius 1 is 1.13 bits per heavy atom. The highest BCUT2D eigenvalue weighted by molar-refractivity contribution is 8.03. The molecular weight excluding hydrogens is 252 g/mol. The van der Waals surface area contributed by atoms with Gasteiger partial charge < -0.3 is 10.2 Å². The lowest BCUT2D eigenvalue weighted by Crippen LogP contribution is -1.84. The van der Waals surface area contributed by atoms with Gasteiger partial charge in [0.25, 0.3) is 0 Å². The van der Waals surface area contributed by atoms with Gasteiger partial charge in [-0.05, 0) is 6.42 Å². The third-order valence-electron chi connectivity index (χ3n) is 1.10. The Kier molecular flexibility index (Phi) is 10.4. The number of hydrogen-bond acceptors (Lipinski definition) is 7. The highest BCUT2D eigenvalue weighted by Crippen LogP contribution is 2.28. The first-order valence-electron chi connectivity index (χ1n) is 4.17. The lowest BCUT2D eigenvalue weighted by atomic mass is 10.5. The van der Waals surface area contributed by atoms with Crippen molar-refractivity contribution >= 4 is 34.9 Å². The topological polar surface area (TPSA) is 66.2 Å². The van der Waals surface area contributed by atoms with Crippen molar-refractivity contribution in [1.29, 1.82) is 0 Å². The second kappa shape index (κ2) is 10.4. The Labute approximate surface area is 102 Å². The summed E-state index contributed by atoms with van der Waals surface area (Å²) >= 11 is 4.32. The van der Waals surface area contributed by atoms with Crippen molar-refractivity contribution in [1.82, 2.24) is 10.2 Å². The first kappa shape index (κ1) is 14.9. The number of nitrogens with zero attached hydrogens (tertiary/aromatic N) is 2. The van der Waals surface area contributed by atoms with E-state index >= 15 is 0 Å². The predicted octanol–water partition coefficient (Wildman–Crippen LogP) is 1.86. The van der Waals surface area contributed by atoms with E-state index in [1.54, 1.807) is 11.8 Å². The normalized spacial score (nSPS) is 9.47. The Bertz CT molecular complexity index is 258. The molecule has 15 heavy (non-hydrogen) atoms. The summed E-state index contributed by atoms with van der Waals surface area (Å²) in [4.78, 5) is 0. The number of aliphatic hydroxyl groups excluding tert-OH is 2. The van der Waals surface area contributed by atoms with Gasteiger partial charge in [0.05, 0.1) is 5.94 Å². The van der Waals surface area contributed by atoms with E-state index in [-0.39, 0.29) is 12.5 Å². The van der Waals surface area contributed by atoms with Crippen LogP contribution in [0.5, 0.6) is 0 Å². The zero-order valence-electron chi connectivity index (χ0n) is 8.26. The molecule has 0 saturated heterocycles. The van der Waals surface area contributed by atoms with E-state index < -0.39 is 0 Å². The molecule has 0 aliphatic heterocycles. The summed E-state index contributed by atoms with van der Waals surface area (Å²) in [5, 5.41) is 25.0. The molecule has 1 aromatic rings. The molecule has 0 aliphatic carbocycles. The fraction of sp³-hybridized carbons (Fsp3) is 0.500. The summed E-state index contributed by atoms with van der Waals surface area (Å²) < 4.78 is 1.68. The number of aliphatic hydroxyl groups is 2. The van der Waals surface area contributed by atoms with Crippen LogP contribution in [0.4, 0.5) is 0 Å². The maximum atomic E-state index is 8.61. The Balaban J connectivity index is 0.000000921. The maximum absolute atomic E-state index is 8.61. The Morgan fingerprint density at radius 3 is 2.27 bits per heavy atom. The Morgan fingerprint density at radius 2 is 1.73 bits per heavy atom. The second-order valence-corrected chi connectivity index (χ2v) is 5.54. The van der Waals surface area contributed by atoms with E-state index in [1.807, 2.05) is 0 Å². The van der Waals surface area contributed by atoms with Crippen LogP contribution in [0, 0.1) is 0 Å². The average Bonchev–Trinajstić information content (AvgIpc) is 2.70. The van der Waals surface area contributed by atoms with Crippen molar-refractivity contribution in [2.24, 2.45) is 0 Å². The van der Waals surface area contributed by atoms with E-state index in [9.17, 15) is 0 Å². The predicted molar refractivity (Wildman–Crippen MR) is 66.5 cm³/mol. The molecule has 0 spiro atoms. The van der Waals surface area contributed by atoms with Crippen molar-refractivity contribution in [3.8, 4) is 0 Å². The van der Waals surface area contributed by atoms with Gasteiger partial charge in [-0.25, -0.2) is 0 Å². The number of hydrogen-bond donors (Lipinski definition) is 2. The van der Waals surface area contributed by atoms with Gasteiger partial charge in [-0.3, -0.25) is 0 Å². The first-order valence-corrected chi connectivity index (χ1v) is 6.96. The van der Waals surface area contributed by atoms with Crippen molar-refractivity contribution in [2.75, 3.05) is 18.3 Å². The van der Waals surface area contributed by atoms with Crippen LogP contribution in [0.15, 0.2) is 21.8 Å². The minimum absolute atomic E-state index is 0.0376. The van der Waals surface area contributed by atoms with Crippen LogP contribution in [-0.2, 0) is 0 Å². The first-order chi connectivity index (χ1) is 7.36. The van der Waals surface area contributed by atoms with E-state index in [2.05, 4.69) is 23.4 Å². The number of aromatic nitrogens is 2. The molecule has 1 rings (SSSR count). The van der Waals surface area contributed by atoms with Crippen molar-refractivity contribution in [3.05, 3.63) is 13.2 Å². The van der Waals surface area contributed by atoms with Gasteiger partial charge in [0.2, 0.25) is 0 Å². The van der Waals surface area contributed by atoms with Gasteiger partial charge in [-0.2, -0.15) is 0 Å². The van der Waals surface area contributed by atoms with Gasteiger partial charge in [0, 0.05) is 12.4 Å². The fourth-order valence-electron chi connectivity index (χ4n) is 0.593. The summed E-state index contributed by atoms with van der Waals surface area (Å²) in [6, 6.07) is 0. The molecule has 1 aromatic heterocycles. The second-order valence-electron chi connectivity index (χ2n) is 2.03. The molecule has 0 aromatic carbocycles. The maximum Gasteiger partial charge on any atom is 0.177 e. The molecule has 0 unspecified atom stereocenters. The van der Waals surface area contributed by atoms with Crippen LogP contribution in [0.25, 0.3) is 0 Å². The van der Waals surface area contributed by atoms with Crippen LogP contribution in [-0.4, -0.2) is 38.7 Å². The monoisotopic (exact) mass is 266 g/mol. The Hall–Kier alpha value is -0.0800. The highest BCUT2D eigenvalue weighted by Gasteiger charge is 2.03. The van der Waals surface area contributed by atoms with E-state index in [4.69, 9.17) is 10.2 Å². The smallest absolute Gasteiger partial charge is 0.177 e. The third-order valence-corrected chi connectivity index (χ3v) is 4.10. The molecule has 7 heteroatoms. The summed E-state index contributed by atoms with van der Waals surface area (Å²) in [5.74, 6) is 0.894. The molecule has 2 N–H and O–H groups in total. The molecule has 0 amide bonds. The van der Waals surface area contributed by atoms with E-state index in [1.165, 1.54) is 23.1 Å². The zero-order valence-corrected chi connectivity index (χ0v) is 10.7. The minimum Gasteiger partial charge on any atom is -0.396 e. The summed E-state index contributed by atoms with van der Waals surface area (Å²) in [7, 11) is 0. The summed E-state index contributed by atoms with van der Waals surface area (Å²) in [5.41, 5.74) is 0. The standard InChI is InChI=1S/C6H10N2O2S3.C2H4/c9-2-1-3-11-5-7-8-6(13-5)12-4-10;1-2/h9-10H,1-4H2;1-2H2. The van der Waals surface area contributed by atoms with E-state index in [0.29, 0.717) is 0 Å². The molecule has 1 heterocycles. The lowest BCUT2D eigenvalue weighted by Gasteiger charge is -1.91. The van der Waals surface area contributed by atoms with Crippen molar-refractivity contribution in [3.63, 3.8) is 0 Å². The van der Waals surface area contributed by atoms with Crippen LogP contribution in [0.1, 0.15) is 6.42 Å². The van der Waals surface area contributed by atoms with Crippen LogP contribution >= 0.6 is 34.9 Å². The third kappa shape index (κ3) is 6.91. The van der Waals surface area contributed by atoms with Gasteiger partial charge in [0.15, 0.2) is 8.68 Å². The van der Waals surface area contributed by atoms with Gasteiger partial charge in [-0.1, -0.05) is 34.9 Å². The zero-order chi connectivity index (χ0) is 11.5. The highest BCUT2D eigenvalue weighted by atomic mass is 32.2. The van der Waals surface area contributed by atoms with Crippen molar-refractivity contribution in [2.45, 2.75) is 15.1 Å². The summed E-state index contributed by atoms with van der Waals surface area (Å²) in [6.07, 6.45) is 0.771. The fourth-order valence-corrected chi connectivity index (χ4v) is 3.17. The minimum atomic E-state index is 0.0376. The molecule has 0 radical (unpaired) electrons. The van der Waals surface area contributed by atoms with Gasteiger partial charge in [0.1, 0.15) is 0 Å². The summed E-state index contributed by atoms with van der Waals surface area (Å²) in [6.45, 7) is 6.21. The molecule has 0 bridgehead atoms. The van der Waals surface area contributed by atoms with Crippen LogP contribution in [0.2, 0.25) is 0 Å². The van der Waals surface area contributed by atoms with Gasteiger partial charge in [-0.15, -0.1) is 23.4 Å². The van der Waals surface area contributed by atoms with Gasteiger partial charge >= 0.3 is 0 Å². The molecule has 0 atom stereocenters. The number of rotatable bonds is 6. The molecule has 4 nitrogen and oxygen atoms in total. The lowest BCUT2D eigenvalue weighted by molar-refractivity contribution is 0.296. The molecule has 0 saturated carbocycles. The largest absolute Gasteiger partial charge is 0.396 e. The average molecular weight is 266 g/mol. The molecule has 86 valence electrons. The molecule has 0 aliphatic rings. The quantitative estimate of drug-likeness (QED) is 0.354. The number of thioether (sulfide) groups is 2. The van der Waals surface area contributed by atoms with Crippen LogP contribution in [0.3, 0.4) is 0 Å². The molecule has 0 fully saturated rings. The van der Waals surface area contributed by atoms with Crippen LogP contribution < -0.4 is 0 Å². The molecular formula is C8H14N2O2S3. The van der Waals surface area contributed by atoms with E-state index in [0.717, 1.165) is 20.9 Å².